The minimum Gasteiger partial charge on any atom is -0.475 e. The van der Waals surface area contributed by atoms with Crippen molar-refractivity contribution in [2.24, 2.45) is 5.41 Å². The van der Waals surface area contributed by atoms with Crippen LogP contribution in [0, 0.1) is 5.41 Å². The van der Waals surface area contributed by atoms with Crippen molar-refractivity contribution in [1.82, 2.24) is 5.32 Å². The van der Waals surface area contributed by atoms with Crippen LogP contribution in [0.5, 0.6) is 5.75 Å². The van der Waals surface area contributed by atoms with Gasteiger partial charge in [0.15, 0.2) is 0 Å². The second-order valence-corrected chi connectivity index (χ2v) is 8.27. The number of fused-ring (bicyclic) bond motifs is 4. The van der Waals surface area contributed by atoms with Gasteiger partial charge in [-0.05, 0) is 91.5 Å². The van der Waals surface area contributed by atoms with Crippen LogP contribution in [0.2, 0.25) is 0 Å². The van der Waals surface area contributed by atoms with E-state index >= 15 is 0 Å². The molecule has 2 N–H and O–H groups in total. The number of hydrogen-bond acceptors (Lipinski definition) is 3. The summed E-state index contributed by atoms with van der Waals surface area (Å²) in [7, 11) is 0. The highest BCUT2D eigenvalue weighted by Gasteiger charge is 2.45. The van der Waals surface area contributed by atoms with Gasteiger partial charge in [-0.25, -0.2) is 0 Å². The van der Waals surface area contributed by atoms with Gasteiger partial charge in [-0.2, -0.15) is 0 Å². The molecule has 3 atom stereocenters. The highest BCUT2D eigenvalue weighted by molar-refractivity contribution is 5.79. The monoisotopic (exact) mass is 337 g/mol. The summed E-state index contributed by atoms with van der Waals surface area (Å²) in [6.45, 7) is 3.31. The summed E-state index contributed by atoms with van der Waals surface area (Å²) < 4.78 is 6.11. The Morgan fingerprint density at radius 1 is 1.20 bits per heavy atom. The maximum Gasteiger partial charge on any atom is 0.150 e. The highest BCUT2D eigenvalue weighted by Crippen LogP contribution is 2.55. The molecule has 1 aliphatic heterocycles. The van der Waals surface area contributed by atoms with Crippen molar-refractivity contribution >= 4 is 5.57 Å². The molecule has 0 spiro atoms. The molecule has 1 aromatic carbocycles. The van der Waals surface area contributed by atoms with Gasteiger partial charge in [0, 0.05) is 5.41 Å². The summed E-state index contributed by atoms with van der Waals surface area (Å²) in [5.41, 5.74) is 7.29. The van der Waals surface area contributed by atoms with Crippen LogP contribution in [0.15, 0.2) is 35.4 Å². The Bertz CT molecular complexity index is 772. The van der Waals surface area contributed by atoms with E-state index in [0.717, 1.165) is 50.8 Å². The molecule has 0 bridgehead atoms. The average molecular weight is 337 g/mol. The zero-order chi connectivity index (χ0) is 17.0. The van der Waals surface area contributed by atoms with Crippen molar-refractivity contribution in [2.75, 3.05) is 6.54 Å². The third kappa shape index (κ3) is 2.40. The first-order valence-corrected chi connectivity index (χ1v) is 9.79. The molecule has 132 valence electrons. The van der Waals surface area contributed by atoms with Gasteiger partial charge in [0.25, 0.3) is 0 Å². The van der Waals surface area contributed by atoms with Gasteiger partial charge < -0.3 is 9.84 Å². The molecule has 1 aromatic rings. The first-order valence-electron chi connectivity index (χ1n) is 9.79. The fraction of sp³-hybridized carbons (Fsp3) is 0.545. The van der Waals surface area contributed by atoms with Crippen LogP contribution in [0.1, 0.15) is 56.6 Å². The van der Waals surface area contributed by atoms with E-state index in [-0.39, 0.29) is 17.7 Å². The van der Waals surface area contributed by atoms with E-state index in [0.29, 0.717) is 0 Å². The van der Waals surface area contributed by atoms with Crippen LogP contribution >= 0.6 is 0 Å². The number of allylic oxidation sites excluding steroid dienone is 2. The van der Waals surface area contributed by atoms with Gasteiger partial charge in [0.05, 0.1) is 6.10 Å². The van der Waals surface area contributed by atoms with Crippen molar-refractivity contribution in [3.63, 3.8) is 0 Å². The normalized spacial score (nSPS) is 33.6. The second kappa shape index (κ2) is 5.72. The van der Waals surface area contributed by atoms with Crippen LogP contribution in [0.4, 0.5) is 0 Å². The lowest BCUT2D eigenvalue weighted by molar-refractivity contribution is 0.0728. The Hall–Kier alpha value is -1.58. The lowest BCUT2D eigenvalue weighted by Gasteiger charge is -2.40. The summed E-state index contributed by atoms with van der Waals surface area (Å²) in [5.74, 6) is 0.998. The van der Waals surface area contributed by atoms with Crippen LogP contribution in [-0.2, 0) is 6.42 Å². The third-order valence-corrected chi connectivity index (χ3v) is 6.82. The fourth-order valence-electron chi connectivity index (χ4n) is 5.27. The molecule has 0 amide bonds. The molecule has 1 unspecified atom stereocenters. The summed E-state index contributed by atoms with van der Waals surface area (Å²) in [5, 5.41) is 13.8. The van der Waals surface area contributed by atoms with Gasteiger partial charge in [-0.15, -0.1) is 0 Å². The first-order chi connectivity index (χ1) is 12.1. The molecule has 0 saturated carbocycles. The first kappa shape index (κ1) is 15.7. The van der Waals surface area contributed by atoms with E-state index in [1.807, 2.05) is 0 Å². The van der Waals surface area contributed by atoms with Crippen molar-refractivity contribution in [2.45, 2.75) is 64.2 Å². The molecule has 0 radical (unpaired) electrons. The van der Waals surface area contributed by atoms with Gasteiger partial charge >= 0.3 is 0 Å². The quantitative estimate of drug-likeness (QED) is 0.858. The van der Waals surface area contributed by atoms with Crippen LogP contribution in [0.3, 0.4) is 0 Å². The summed E-state index contributed by atoms with van der Waals surface area (Å²) in [4.78, 5) is 0. The molecule has 3 nitrogen and oxygen atoms in total. The highest BCUT2D eigenvalue weighted by atomic mass is 16.5. The van der Waals surface area contributed by atoms with Gasteiger partial charge in [0.2, 0.25) is 0 Å². The van der Waals surface area contributed by atoms with Gasteiger partial charge in [-0.1, -0.05) is 19.1 Å². The Morgan fingerprint density at radius 2 is 2.12 bits per heavy atom. The van der Waals surface area contributed by atoms with Crippen LogP contribution < -0.4 is 10.1 Å². The molecule has 3 aliphatic carbocycles. The standard InChI is InChI=1S/C22H27NO2/c1-22-11-10-17-16-7-5-15(25-21-3-2-12-23-21)13-14(16)4-6-18(17)19(22)8-9-20(22)24/h5,7-8,13,20-21,23-24H,2-4,6,9-12H2,1H3/t20-,21?,22-/m0/s1. The predicted molar refractivity (Wildman–Crippen MR) is 99.4 cm³/mol. The van der Waals surface area contributed by atoms with E-state index in [1.165, 1.54) is 34.3 Å². The number of hydrogen-bond donors (Lipinski definition) is 2. The Labute approximate surface area is 149 Å². The number of ether oxygens (including phenoxy) is 1. The molecule has 4 aliphatic rings. The number of benzene rings is 1. The Kier molecular flexibility index (Phi) is 3.58. The lowest BCUT2D eigenvalue weighted by Crippen LogP contribution is -2.33. The van der Waals surface area contributed by atoms with Crippen LogP contribution in [-0.4, -0.2) is 24.0 Å². The maximum atomic E-state index is 10.4. The average Bonchev–Trinajstić information content (AvgIpc) is 3.23. The number of aliphatic hydroxyl groups excluding tert-OH is 1. The van der Waals surface area contributed by atoms with Gasteiger partial charge in [0.1, 0.15) is 12.0 Å². The molecule has 1 heterocycles. The van der Waals surface area contributed by atoms with E-state index in [1.54, 1.807) is 0 Å². The molecular weight excluding hydrogens is 310 g/mol. The minimum atomic E-state index is -0.201. The molecule has 0 aromatic heterocycles. The summed E-state index contributed by atoms with van der Waals surface area (Å²) in [6.07, 6.45) is 9.70. The SMILES string of the molecule is C[C@]12CCC3=C(CCc4cc(OC5CCCN5)ccc43)C1=CC[C@@H]2O. The number of aryl methyl sites for hydroxylation is 1. The van der Waals surface area contributed by atoms with Crippen molar-refractivity contribution < 1.29 is 9.84 Å². The van der Waals surface area contributed by atoms with Gasteiger partial charge in [-0.3, -0.25) is 5.32 Å². The summed E-state index contributed by atoms with van der Waals surface area (Å²) in [6, 6.07) is 6.66. The topological polar surface area (TPSA) is 41.5 Å². The molecule has 1 saturated heterocycles. The van der Waals surface area contributed by atoms with E-state index in [9.17, 15) is 5.11 Å². The number of aliphatic hydroxyl groups is 1. The number of nitrogens with one attached hydrogen (secondary N) is 1. The van der Waals surface area contributed by atoms with E-state index < -0.39 is 0 Å². The zero-order valence-corrected chi connectivity index (χ0v) is 15.0. The fourth-order valence-corrected chi connectivity index (χ4v) is 5.27. The van der Waals surface area contributed by atoms with Crippen molar-refractivity contribution in [3.8, 4) is 5.75 Å². The molecule has 1 fully saturated rings. The number of rotatable bonds is 2. The van der Waals surface area contributed by atoms with Crippen LogP contribution in [0.25, 0.3) is 5.57 Å². The zero-order valence-electron chi connectivity index (χ0n) is 15.0. The Balaban J connectivity index is 1.47. The van der Waals surface area contributed by atoms with E-state index in [4.69, 9.17) is 4.74 Å². The molecular formula is C22H27NO2. The predicted octanol–water partition coefficient (Wildman–Crippen LogP) is 3.97. The lowest BCUT2D eigenvalue weighted by atomic mass is 9.65. The third-order valence-electron chi connectivity index (χ3n) is 6.82. The Morgan fingerprint density at radius 3 is 2.96 bits per heavy atom. The van der Waals surface area contributed by atoms with Crippen molar-refractivity contribution in [3.05, 3.63) is 46.5 Å². The smallest absolute Gasteiger partial charge is 0.150 e. The molecule has 3 heteroatoms. The molecule has 25 heavy (non-hydrogen) atoms. The minimum absolute atomic E-state index is 0.0203. The molecule has 5 rings (SSSR count). The maximum absolute atomic E-state index is 10.4. The largest absolute Gasteiger partial charge is 0.475 e. The van der Waals surface area contributed by atoms with Crippen molar-refractivity contribution in [1.29, 1.82) is 0 Å². The summed E-state index contributed by atoms with van der Waals surface area (Å²) >= 11 is 0. The van der Waals surface area contributed by atoms with E-state index in [2.05, 4.69) is 36.5 Å². The second-order valence-electron chi connectivity index (χ2n) is 8.27.